The number of carbonyl (C=O) groups is 3. The number of rotatable bonds is 7. The largest absolute Gasteiger partial charge is 0.449 e. The number of ether oxygens (including phenoxy) is 1. The van der Waals surface area contributed by atoms with Crippen molar-refractivity contribution in [2.45, 2.75) is 32.8 Å². The number of anilines is 1. The molecule has 1 aromatic carbocycles. The lowest BCUT2D eigenvalue weighted by Gasteiger charge is -2.19. The number of unbranched alkanes of at least 4 members (excludes halogenated alkanes) is 1. The molecule has 1 aliphatic heterocycles. The molecule has 2 rings (SSSR count). The van der Waals surface area contributed by atoms with E-state index in [1.165, 1.54) is 6.92 Å². The van der Waals surface area contributed by atoms with E-state index in [0.717, 1.165) is 24.3 Å². The van der Waals surface area contributed by atoms with Crippen molar-refractivity contribution >= 4 is 23.6 Å². The zero-order valence-electron chi connectivity index (χ0n) is 14.0. The van der Waals surface area contributed by atoms with Crippen LogP contribution in [0.2, 0.25) is 0 Å². The number of nitrogens with zero attached hydrogens (tertiary/aromatic N) is 1. The lowest BCUT2D eigenvalue weighted by atomic mass is 10.1. The van der Waals surface area contributed by atoms with Crippen molar-refractivity contribution in [3.63, 3.8) is 0 Å². The Labute approximate surface area is 141 Å². The first-order valence-corrected chi connectivity index (χ1v) is 8.17. The van der Waals surface area contributed by atoms with E-state index in [1.807, 2.05) is 6.07 Å². The van der Waals surface area contributed by atoms with Crippen LogP contribution in [0.15, 0.2) is 24.3 Å². The molecule has 0 radical (unpaired) electrons. The summed E-state index contributed by atoms with van der Waals surface area (Å²) in [5.41, 5.74) is 1.05. The van der Waals surface area contributed by atoms with E-state index in [9.17, 15) is 14.4 Å². The Bertz CT molecular complexity index is 618. The average Bonchev–Trinajstić information content (AvgIpc) is 3.00. The second kappa shape index (κ2) is 8.33. The second-order valence-corrected chi connectivity index (χ2v) is 5.60. The van der Waals surface area contributed by atoms with Crippen LogP contribution in [0.1, 0.15) is 37.0 Å². The normalized spacial score (nSPS) is 14.9. The monoisotopic (exact) mass is 333 g/mol. The number of hydrogen-bond acceptors (Lipinski definition) is 5. The minimum atomic E-state index is -1.02. The molecule has 0 spiro atoms. The summed E-state index contributed by atoms with van der Waals surface area (Å²) >= 11 is 0. The highest BCUT2D eigenvalue weighted by molar-refractivity contribution is 6.00. The zero-order chi connectivity index (χ0) is 17.5. The van der Waals surface area contributed by atoms with Crippen LogP contribution in [0.4, 0.5) is 10.5 Å². The van der Waals surface area contributed by atoms with E-state index in [1.54, 1.807) is 18.2 Å². The fourth-order valence-corrected chi connectivity index (χ4v) is 2.39. The third-order valence-corrected chi connectivity index (χ3v) is 3.75. The molecule has 0 aliphatic carbocycles. The highest BCUT2D eigenvalue weighted by Crippen LogP contribution is 2.17. The molecule has 0 unspecified atom stereocenters. The minimum absolute atomic E-state index is 0.286. The Morgan fingerprint density at radius 1 is 1.38 bits per heavy atom. The first kappa shape index (κ1) is 17.8. The number of para-hydroxylation sites is 1. The molecule has 0 saturated carbocycles. The van der Waals surface area contributed by atoms with Gasteiger partial charge in [-0.3, -0.25) is 9.69 Å². The van der Waals surface area contributed by atoms with Gasteiger partial charge in [0.1, 0.15) is 0 Å². The molecule has 7 nitrogen and oxygen atoms in total. The van der Waals surface area contributed by atoms with Gasteiger partial charge in [0.05, 0.1) is 5.56 Å². The fraction of sp³-hybridized carbons (Fsp3) is 0.471. The summed E-state index contributed by atoms with van der Waals surface area (Å²) in [4.78, 5) is 37.1. The highest BCUT2D eigenvalue weighted by Gasteiger charge is 2.32. The van der Waals surface area contributed by atoms with Crippen LogP contribution in [0.25, 0.3) is 0 Å². The minimum Gasteiger partial charge on any atom is -0.449 e. The topological polar surface area (TPSA) is 87.7 Å². The Morgan fingerprint density at radius 2 is 2.12 bits per heavy atom. The highest BCUT2D eigenvalue weighted by atomic mass is 16.5. The molecular weight excluding hydrogens is 310 g/mol. The van der Waals surface area contributed by atoms with E-state index in [0.29, 0.717) is 17.8 Å². The van der Waals surface area contributed by atoms with Crippen LogP contribution in [0.3, 0.4) is 0 Å². The molecule has 7 heteroatoms. The van der Waals surface area contributed by atoms with Crippen LogP contribution in [0.5, 0.6) is 0 Å². The van der Waals surface area contributed by atoms with Gasteiger partial charge in [0.25, 0.3) is 5.91 Å². The van der Waals surface area contributed by atoms with Gasteiger partial charge in [-0.2, -0.15) is 0 Å². The van der Waals surface area contributed by atoms with Gasteiger partial charge in [-0.25, -0.2) is 9.59 Å². The van der Waals surface area contributed by atoms with Crippen molar-refractivity contribution in [1.82, 2.24) is 10.2 Å². The molecule has 3 amide bonds. The summed E-state index contributed by atoms with van der Waals surface area (Å²) in [7, 11) is 0. The number of benzene rings is 1. The maximum atomic E-state index is 12.4. The average molecular weight is 333 g/mol. The van der Waals surface area contributed by atoms with Crippen molar-refractivity contribution in [2.24, 2.45) is 0 Å². The summed E-state index contributed by atoms with van der Waals surface area (Å²) in [6, 6.07) is 6.56. The van der Waals surface area contributed by atoms with Gasteiger partial charge >= 0.3 is 12.0 Å². The number of urea groups is 1. The smallest absolute Gasteiger partial charge is 0.341 e. The first-order chi connectivity index (χ1) is 11.5. The molecule has 0 aromatic heterocycles. The molecule has 1 aliphatic rings. The molecule has 2 N–H and O–H groups in total. The predicted octanol–water partition coefficient (Wildman–Crippen LogP) is 2.00. The van der Waals surface area contributed by atoms with Crippen molar-refractivity contribution < 1.29 is 19.1 Å². The Morgan fingerprint density at radius 3 is 2.79 bits per heavy atom. The summed E-state index contributed by atoms with van der Waals surface area (Å²) in [6.07, 6.45) is 1.01. The zero-order valence-corrected chi connectivity index (χ0v) is 14.0. The van der Waals surface area contributed by atoms with Crippen LogP contribution in [0, 0.1) is 0 Å². The van der Waals surface area contributed by atoms with Gasteiger partial charge in [0.2, 0.25) is 0 Å². The van der Waals surface area contributed by atoms with Crippen LogP contribution in [-0.4, -0.2) is 48.5 Å². The number of carbonyl (C=O) groups excluding carboxylic acids is 3. The summed E-state index contributed by atoms with van der Waals surface area (Å²) in [5.74, 6) is -1.11. The summed E-state index contributed by atoms with van der Waals surface area (Å²) < 4.78 is 5.26. The second-order valence-electron chi connectivity index (χ2n) is 5.60. The molecule has 1 aromatic rings. The Kier molecular flexibility index (Phi) is 6.17. The van der Waals surface area contributed by atoms with Crippen molar-refractivity contribution in [3.8, 4) is 0 Å². The maximum absolute atomic E-state index is 12.4. The molecule has 1 atom stereocenters. The van der Waals surface area contributed by atoms with Crippen LogP contribution < -0.4 is 10.6 Å². The molecule has 0 bridgehead atoms. The van der Waals surface area contributed by atoms with Gasteiger partial charge in [-0.05, 0) is 25.5 Å². The molecular formula is C17H23N3O4. The summed E-state index contributed by atoms with van der Waals surface area (Å²) in [6.45, 7) is 5.01. The number of esters is 1. The number of nitrogens with one attached hydrogen (secondary N) is 2. The van der Waals surface area contributed by atoms with Crippen molar-refractivity contribution in [3.05, 3.63) is 29.8 Å². The summed E-state index contributed by atoms with van der Waals surface area (Å²) in [5, 5.41) is 5.74. The van der Waals surface area contributed by atoms with Crippen molar-refractivity contribution in [1.29, 1.82) is 0 Å². The Hall–Kier alpha value is -2.57. The van der Waals surface area contributed by atoms with E-state index < -0.39 is 24.0 Å². The van der Waals surface area contributed by atoms with Crippen LogP contribution in [-0.2, 0) is 9.53 Å². The molecule has 24 heavy (non-hydrogen) atoms. The van der Waals surface area contributed by atoms with Crippen molar-refractivity contribution in [2.75, 3.05) is 25.0 Å². The van der Waals surface area contributed by atoms with E-state index in [-0.39, 0.29) is 6.54 Å². The lowest BCUT2D eigenvalue weighted by Crippen LogP contribution is -2.41. The van der Waals surface area contributed by atoms with E-state index >= 15 is 0 Å². The third-order valence-electron chi connectivity index (χ3n) is 3.75. The fourth-order valence-electron chi connectivity index (χ4n) is 2.39. The van der Waals surface area contributed by atoms with Crippen LogP contribution >= 0.6 is 0 Å². The Balaban J connectivity index is 2.01. The molecule has 1 fully saturated rings. The maximum Gasteiger partial charge on any atom is 0.341 e. The number of hydrogen-bond donors (Lipinski definition) is 2. The van der Waals surface area contributed by atoms with Gasteiger partial charge in [0, 0.05) is 25.3 Å². The van der Waals surface area contributed by atoms with E-state index in [2.05, 4.69) is 17.6 Å². The van der Waals surface area contributed by atoms with Gasteiger partial charge in [-0.1, -0.05) is 25.5 Å². The molecule has 130 valence electrons. The number of imide groups is 1. The standard InChI is InChI=1S/C17H23N3O4/c1-3-4-9-18-14-8-6-5-7-13(14)16(22)24-12(2)15(21)20-11-10-19-17(20)23/h5-8,12,18H,3-4,9-11H2,1-2H3,(H,19,23)/t12-/m1/s1. The quantitative estimate of drug-likeness (QED) is 0.588. The third kappa shape index (κ3) is 4.24. The van der Waals surface area contributed by atoms with E-state index in [4.69, 9.17) is 4.74 Å². The van der Waals surface area contributed by atoms with Gasteiger partial charge in [0.15, 0.2) is 6.10 Å². The molecule has 1 saturated heterocycles. The molecule has 1 heterocycles. The van der Waals surface area contributed by atoms with Gasteiger partial charge in [-0.15, -0.1) is 0 Å². The SMILES string of the molecule is CCCCNc1ccccc1C(=O)O[C@H](C)C(=O)N1CCNC1=O. The predicted molar refractivity (Wildman–Crippen MR) is 89.8 cm³/mol. The number of amides is 3. The lowest BCUT2D eigenvalue weighted by molar-refractivity contribution is -0.136. The first-order valence-electron chi connectivity index (χ1n) is 8.17. The van der Waals surface area contributed by atoms with Gasteiger partial charge < -0.3 is 15.4 Å².